The summed E-state index contributed by atoms with van der Waals surface area (Å²) in [6, 6.07) is 8.70. The molecule has 1 aromatic rings. The Morgan fingerprint density at radius 3 is 2.67 bits per heavy atom. The fraction of sp³-hybridized carbons (Fsp3) is 0.538. The van der Waals surface area contributed by atoms with Gasteiger partial charge in [0.1, 0.15) is 0 Å². The highest BCUT2D eigenvalue weighted by Crippen LogP contribution is 2.10. The summed E-state index contributed by atoms with van der Waals surface area (Å²) in [6.07, 6.45) is 1.09. The van der Waals surface area contributed by atoms with Gasteiger partial charge in [0.05, 0.1) is 10.6 Å². The lowest BCUT2D eigenvalue weighted by Crippen LogP contribution is -2.32. The van der Waals surface area contributed by atoms with Gasteiger partial charge in [-0.25, -0.2) is 8.42 Å². The van der Waals surface area contributed by atoms with Crippen molar-refractivity contribution in [2.24, 2.45) is 0 Å². The highest BCUT2D eigenvalue weighted by Gasteiger charge is 2.16. The van der Waals surface area contributed by atoms with Crippen molar-refractivity contribution >= 4 is 9.84 Å². The predicted octanol–water partition coefficient (Wildman–Crippen LogP) is 0.756. The van der Waals surface area contributed by atoms with Crippen molar-refractivity contribution in [2.45, 2.75) is 11.3 Å². The van der Waals surface area contributed by atoms with E-state index in [1.807, 2.05) is 6.07 Å². The first-order valence-corrected chi connectivity index (χ1v) is 8.04. The molecular formula is C13H20N2O2S. The second kappa shape index (κ2) is 6.31. The molecule has 0 aliphatic carbocycles. The van der Waals surface area contributed by atoms with Gasteiger partial charge in [-0.1, -0.05) is 18.2 Å². The highest BCUT2D eigenvalue weighted by atomic mass is 32.2. The molecule has 1 aliphatic heterocycles. The molecule has 4 nitrogen and oxygen atoms in total. The summed E-state index contributed by atoms with van der Waals surface area (Å²) in [7, 11) is -3.13. The molecule has 18 heavy (non-hydrogen) atoms. The van der Waals surface area contributed by atoms with E-state index in [4.69, 9.17) is 0 Å². The maximum Gasteiger partial charge on any atom is 0.179 e. The van der Waals surface area contributed by atoms with E-state index in [-0.39, 0.29) is 5.75 Å². The summed E-state index contributed by atoms with van der Waals surface area (Å²) >= 11 is 0. The number of hydrogen-bond acceptors (Lipinski definition) is 4. The Bertz CT molecular complexity index is 451. The van der Waals surface area contributed by atoms with Crippen LogP contribution in [0.25, 0.3) is 0 Å². The Kier molecular flexibility index (Phi) is 4.74. The number of nitrogens with one attached hydrogen (secondary N) is 1. The molecule has 5 heteroatoms. The number of nitrogens with zero attached hydrogens (tertiary/aromatic N) is 1. The minimum atomic E-state index is -3.13. The molecule has 2 rings (SSSR count). The van der Waals surface area contributed by atoms with Crippen LogP contribution >= 0.6 is 0 Å². The van der Waals surface area contributed by atoms with Crippen LogP contribution in [0, 0.1) is 0 Å². The minimum absolute atomic E-state index is 0.205. The zero-order valence-corrected chi connectivity index (χ0v) is 11.3. The molecule has 1 saturated heterocycles. The lowest BCUT2D eigenvalue weighted by molar-refractivity contribution is 0.309. The monoisotopic (exact) mass is 268 g/mol. The predicted molar refractivity (Wildman–Crippen MR) is 72.4 cm³/mol. The Morgan fingerprint density at radius 2 is 1.89 bits per heavy atom. The average Bonchev–Trinajstić information content (AvgIpc) is 2.66. The van der Waals surface area contributed by atoms with Crippen molar-refractivity contribution in [2.75, 3.05) is 38.5 Å². The molecule has 1 N–H and O–H groups in total. The third-order valence-corrected chi connectivity index (χ3v) is 4.92. The molecule has 0 aromatic heterocycles. The van der Waals surface area contributed by atoms with Crippen molar-refractivity contribution in [1.82, 2.24) is 10.2 Å². The fourth-order valence-corrected chi connectivity index (χ4v) is 3.43. The van der Waals surface area contributed by atoms with Gasteiger partial charge in [0.2, 0.25) is 0 Å². The van der Waals surface area contributed by atoms with Crippen molar-refractivity contribution in [3.8, 4) is 0 Å². The van der Waals surface area contributed by atoms with Gasteiger partial charge >= 0.3 is 0 Å². The minimum Gasteiger partial charge on any atom is -0.315 e. The molecule has 0 unspecified atom stereocenters. The van der Waals surface area contributed by atoms with Gasteiger partial charge in [0, 0.05) is 19.6 Å². The van der Waals surface area contributed by atoms with E-state index in [9.17, 15) is 8.42 Å². The van der Waals surface area contributed by atoms with Crippen molar-refractivity contribution in [3.63, 3.8) is 0 Å². The standard InChI is InChI=1S/C13H20N2O2S/c16-18(17,13-5-2-1-3-6-13)12-11-15-9-4-7-14-8-10-15/h1-3,5-6,14H,4,7-12H2. The first kappa shape index (κ1) is 13.5. The van der Waals surface area contributed by atoms with Crippen LogP contribution in [0.2, 0.25) is 0 Å². The Balaban J connectivity index is 1.92. The summed E-state index contributed by atoms with van der Waals surface area (Å²) in [5.41, 5.74) is 0. The Hall–Kier alpha value is -0.910. The molecular weight excluding hydrogens is 248 g/mol. The van der Waals surface area contributed by atoms with Gasteiger partial charge in [-0.2, -0.15) is 0 Å². The van der Waals surface area contributed by atoms with E-state index in [2.05, 4.69) is 10.2 Å². The van der Waals surface area contributed by atoms with E-state index >= 15 is 0 Å². The van der Waals surface area contributed by atoms with Crippen LogP contribution < -0.4 is 5.32 Å². The van der Waals surface area contributed by atoms with Crippen molar-refractivity contribution in [1.29, 1.82) is 0 Å². The molecule has 1 aliphatic rings. The van der Waals surface area contributed by atoms with E-state index < -0.39 is 9.84 Å². The van der Waals surface area contributed by atoms with Gasteiger partial charge in [-0.05, 0) is 31.6 Å². The summed E-state index contributed by atoms with van der Waals surface area (Å²) < 4.78 is 24.2. The average molecular weight is 268 g/mol. The molecule has 1 heterocycles. The first-order chi connectivity index (χ1) is 8.68. The summed E-state index contributed by atoms with van der Waals surface area (Å²) in [5, 5.41) is 3.31. The van der Waals surface area contributed by atoms with Crippen molar-refractivity contribution < 1.29 is 8.42 Å². The van der Waals surface area contributed by atoms with Crippen molar-refractivity contribution in [3.05, 3.63) is 30.3 Å². The molecule has 0 bridgehead atoms. The zero-order valence-electron chi connectivity index (χ0n) is 10.5. The van der Waals surface area contributed by atoms with Crippen LogP contribution in [-0.4, -0.2) is 51.8 Å². The number of hydrogen-bond donors (Lipinski definition) is 1. The van der Waals surface area contributed by atoms with Crippen LogP contribution in [0.1, 0.15) is 6.42 Å². The molecule has 0 radical (unpaired) electrons. The SMILES string of the molecule is O=S(=O)(CCN1CCCNCC1)c1ccccc1. The van der Waals surface area contributed by atoms with Gasteiger partial charge in [-0.3, -0.25) is 0 Å². The Morgan fingerprint density at radius 1 is 1.11 bits per heavy atom. The van der Waals surface area contributed by atoms with Gasteiger partial charge in [-0.15, -0.1) is 0 Å². The number of rotatable bonds is 4. The molecule has 100 valence electrons. The Labute approximate surface area is 109 Å². The maximum absolute atomic E-state index is 12.1. The van der Waals surface area contributed by atoms with Crippen LogP contribution in [-0.2, 0) is 9.84 Å². The van der Waals surface area contributed by atoms with Gasteiger partial charge < -0.3 is 10.2 Å². The molecule has 1 fully saturated rings. The zero-order chi connectivity index (χ0) is 12.8. The smallest absolute Gasteiger partial charge is 0.179 e. The second-order valence-corrected chi connectivity index (χ2v) is 6.69. The van der Waals surface area contributed by atoms with E-state index in [0.717, 1.165) is 32.6 Å². The quantitative estimate of drug-likeness (QED) is 0.876. The second-order valence-electron chi connectivity index (χ2n) is 4.58. The van der Waals surface area contributed by atoms with Crippen LogP contribution in [0.15, 0.2) is 35.2 Å². The third-order valence-electron chi connectivity index (χ3n) is 3.21. The third kappa shape index (κ3) is 3.80. The lowest BCUT2D eigenvalue weighted by Gasteiger charge is -2.19. The maximum atomic E-state index is 12.1. The number of sulfone groups is 1. The van der Waals surface area contributed by atoms with Crippen LogP contribution in [0.4, 0.5) is 0 Å². The molecule has 0 amide bonds. The molecule has 1 aromatic carbocycles. The summed E-state index contributed by atoms with van der Waals surface area (Å²) in [4.78, 5) is 2.65. The normalized spacial score (nSPS) is 18.4. The number of benzene rings is 1. The lowest BCUT2D eigenvalue weighted by atomic mass is 10.4. The van der Waals surface area contributed by atoms with Gasteiger partial charge in [0.15, 0.2) is 9.84 Å². The highest BCUT2D eigenvalue weighted by molar-refractivity contribution is 7.91. The first-order valence-electron chi connectivity index (χ1n) is 6.39. The molecule has 0 saturated carbocycles. The van der Waals surface area contributed by atoms with Crippen LogP contribution in [0.5, 0.6) is 0 Å². The fourth-order valence-electron chi connectivity index (χ4n) is 2.12. The van der Waals surface area contributed by atoms with Gasteiger partial charge in [0.25, 0.3) is 0 Å². The topological polar surface area (TPSA) is 49.4 Å². The van der Waals surface area contributed by atoms with Crippen LogP contribution in [0.3, 0.4) is 0 Å². The molecule has 0 spiro atoms. The summed E-state index contributed by atoms with van der Waals surface area (Å²) in [6.45, 7) is 4.52. The summed E-state index contributed by atoms with van der Waals surface area (Å²) in [5.74, 6) is 0.205. The largest absolute Gasteiger partial charge is 0.315 e. The van der Waals surface area contributed by atoms with E-state index in [1.165, 1.54) is 0 Å². The van der Waals surface area contributed by atoms with E-state index in [1.54, 1.807) is 24.3 Å². The van der Waals surface area contributed by atoms with E-state index in [0.29, 0.717) is 11.4 Å². The molecule has 0 atom stereocenters.